The van der Waals surface area contributed by atoms with Crippen molar-refractivity contribution in [1.29, 1.82) is 0 Å². The van der Waals surface area contributed by atoms with Gasteiger partial charge in [-0.2, -0.15) is 4.98 Å². The minimum Gasteiger partial charge on any atom is -0.367 e. The summed E-state index contributed by atoms with van der Waals surface area (Å²) in [7, 11) is 0. The molecule has 0 aliphatic heterocycles. The molecule has 2 fully saturated rings. The maximum absolute atomic E-state index is 6.07. The van der Waals surface area contributed by atoms with E-state index >= 15 is 0 Å². The van der Waals surface area contributed by atoms with Gasteiger partial charge in [0, 0.05) is 13.2 Å². The molecule has 2 N–H and O–H groups in total. The molecule has 0 saturated heterocycles. The van der Waals surface area contributed by atoms with Crippen LogP contribution in [0.15, 0.2) is 4.52 Å². The minimum absolute atomic E-state index is 0.102. The molecule has 2 aliphatic carbocycles. The normalized spacial score (nSPS) is 24.3. The quantitative estimate of drug-likeness (QED) is 0.903. The Bertz CT molecular complexity index is 441. The van der Waals surface area contributed by atoms with E-state index in [0.29, 0.717) is 13.2 Å². The van der Waals surface area contributed by atoms with Crippen LogP contribution >= 0.6 is 0 Å². The molecule has 0 bridgehead atoms. The third-order valence-electron chi connectivity index (χ3n) is 5.32. The van der Waals surface area contributed by atoms with Crippen molar-refractivity contribution in [3.63, 3.8) is 0 Å². The molecule has 5 nitrogen and oxygen atoms in total. The molecule has 3 rings (SSSR count). The summed E-state index contributed by atoms with van der Waals surface area (Å²) in [5, 5.41) is 4.29. The van der Waals surface area contributed by atoms with Gasteiger partial charge in [0.15, 0.2) is 0 Å². The lowest BCUT2D eigenvalue weighted by molar-refractivity contribution is -0.0469. The fraction of sp³-hybridized carbons (Fsp3) is 0.875. The standard InChI is InChI=1S/C16H27N3O2/c1-2-20-16(10-6-7-11-16)13-18-14(21-19-13)15(12-17)8-4-3-5-9-15/h2-12,17H2,1H3. The van der Waals surface area contributed by atoms with Gasteiger partial charge in [0.25, 0.3) is 0 Å². The fourth-order valence-corrected chi connectivity index (χ4v) is 4.01. The summed E-state index contributed by atoms with van der Waals surface area (Å²) < 4.78 is 11.7. The molecule has 0 unspecified atom stereocenters. The van der Waals surface area contributed by atoms with E-state index in [2.05, 4.69) is 5.16 Å². The molecule has 118 valence electrons. The van der Waals surface area contributed by atoms with Crippen LogP contribution in [0.3, 0.4) is 0 Å². The number of nitrogens with two attached hydrogens (primary N) is 1. The van der Waals surface area contributed by atoms with Crippen LogP contribution in [0.5, 0.6) is 0 Å². The van der Waals surface area contributed by atoms with Crippen molar-refractivity contribution >= 4 is 0 Å². The Morgan fingerprint density at radius 2 is 1.76 bits per heavy atom. The van der Waals surface area contributed by atoms with E-state index in [0.717, 1.165) is 37.4 Å². The molecule has 0 aromatic carbocycles. The van der Waals surface area contributed by atoms with Gasteiger partial charge in [-0.1, -0.05) is 24.4 Å². The molecule has 2 aliphatic rings. The predicted molar refractivity (Wildman–Crippen MR) is 79.9 cm³/mol. The van der Waals surface area contributed by atoms with Gasteiger partial charge < -0.3 is 15.0 Å². The van der Waals surface area contributed by atoms with Gasteiger partial charge >= 0.3 is 0 Å². The highest BCUT2D eigenvalue weighted by Gasteiger charge is 2.44. The van der Waals surface area contributed by atoms with Crippen LogP contribution < -0.4 is 5.73 Å². The van der Waals surface area contributed by atoms with E-state index < -0.39 is 0 Å². The van der Waals surface area contributed by atoms with E-state index in [1.165, 1.54) is 32.1 Å². The Hall–Kier alpha value is -0.940. The summed E-state index contributed by atoms with van der Waals surface area (Å²) in [6.45, 7) is 3.31. The summed E-state index contributed by atoms with van der Waals surface area (Å²) in [6, 6.07) is 0. The van der Waals surface area contributed by atoms with Crippen molar-refractivity contribution in [2.24, 2.45) is 5.73 Å². The zero-order chi connectivity index (χ0) is 14.8. The average molecular weight is 293 g/mol. The third-order valence-corrected chi connectivity index (χ3v) is 5.32. The van der Waals surface area contributed by atoms with Crippen LogP contribution in [0.2, 0.25) is 0 Å². The predicted octanol–water partition coefficient (Wildman–Crippen LogP) is 3.04. The van der Waals surface area contributed by atoms with Crippen molar-refractivity contribution in [2.45, 2.75) is 75.7 Å². The highest BCUT2D eigenvalue weighted by Crippen LogP contribution is 2.43. The van der Waals surface area contributed by atoms with Crippen molar-refractivity contribution in [3.8, 4) is 0 Å². The van der Waals surface area contributed by atoms with Crippen molar-refractivity contribution in [2.75, 3.05) is 13.2 Å². The molecule has 1 heterocycles. The van der Waals surface area contributed by atoms with E-state index in [4.69, 9.17) is 20.0 Å². The van der Waals surface area contributed by atoms with Crippen LogP contribution in [0.1, 0.15) is 76.4 Å². The second-order valence-corrected chi connectivity index (χ2v) is 6.60. The maximum Gasteiger partial charge on any atom is 0.234 e. The van der Waals surface area contributed by atoms with Crippen LogP contribution in [-0.2, 0) is 15.8 Å². The highest BCUT2D eigenvalue weighted by atomic mass is 16.5. The van der Waals surface area contributed by atoms with Crippen LogP contribution in [-0.4, -0.2) is 23.3 Å². The van der Waals surface area contributed by atoms with Gasteiger partial charge in [0.1, 0.15) is 5.60 Å². The second-order valence-electron chi connectivity index (χ2n) is 6.60. The first-order valence-electron chi connectivity index (χ1n) is 8.43. The Kier molecular flexibility index (Phi) is 4.31. The topological polar surface area (TPSA) is 74.2 Å². The molecule has 2 saturated carbocycles. The Labute approximate surface area is 126 Å². The lowest BCUT2D eigenvalue weighted by Crippen LogP contribution is -2.37. The van der Waals surface area contributed by atoms with Gasteiger partial charge in [-0.05, 0) is 45.4 Å². The Morgan fingerprint density at radius 1 is 1.10 bits per heavy atom. The Balaban J connectivity index is 1.88. The first-order chi connectivity index (χ1) is 10.2. The Morgan fingerprint density at radius 3 is 2.38 bits per heavy atom. The molecule has 0 atom stereocenters. The van der Waals surface area contributed by atoms with Crippen molar-refractivity contribution < 1.29 is 9.26 Å². The number of hydrogen-bond donors (Lipinski definition) is 1. The van der Waals surface area contributed by atoms with E-state index in [1.807, 2.05) is 6.92 Å². The maximum atomic E-state index is 6.07. The summed E-state index contributed by atoms with van der Waals surface area (Å²) >= 11 is 0. The molecule has 5 heteroatoms. The molecular weight excluding hydrogens is 266 g/mol. The fourth-order valence-electron chi connectivity index (χ4n) is 4.01. The van der Waals surface area contributed by atoms with Crippen molar-refractivity contribution in [3.05, 3.63) is 11.7 Å². The lowest BCUT2D eigenvalue weighted by Gasteiger charge is -2.32. The largest absolute Gasteiger partial charge is 0.367 e. The SMILES string of the molecule is CCOC1(c2noc(C3(CN)CCCCC3)n2)CCCC1. The number of ether oxygens (including phenoxy) is 1. The summed E-state index contributed by atoms with van der Waals surface area (Å²) in [4.78, 5) is 4.77. The van der Waals surface area contributed by atoms with Gasteiger partial charge in [-0.3, -0.25) is 0 Å². The number of aromatic nitrogens is 2. The summed E-state index contributed by atoms with van der Waals surface area (Å²) in [5.74, 6) is 1.49. The molecule has 0 spiro atoms. The minimum atomic E-state index is -0.318. The van der Waals surface area contributed by atoms with Gasteiger partial charge in [0.2, 0.25) is 11.7 Å². The number of nitrogens with zero attached hydrogens (tertiary/aromatic N) is 2. The molecule has 1 aromatic rings. The van der Waals surface area contributed by atoms with E-state index in [9.17, 15) is 0 Å². The van der Waals surface area contributed by atoms with Crippen molar-refractivity contribution in [1.82, 2.24) is 10.1 Å². The number of rotatable bonds is 5. The summed E-state index contributed by atoms with van der Waals surface area (Å²) in [5.41, 5.74) is 5.65. The first-order valence-corrected chi connectivity index (χ1v) is 8.43. The zero-order valence-corrected chi connectivity index (χ0v) is 13.1. The van der Waals surface area contributed by atoms with Crippen LogP contribution in [0, 0.1) is 0 Å². The molecule has 1 aromatic heterocycles. The molecule has 21 heavy (non-hydrogen) atoms. The summed E-state index contributed by atoms with van der Waals surface area (Å²) in [6.07, 6.45) is 10.1. The molecular formula is C16H27N3O2. The van der Waals surface area contributed by atoms with Gasteiger partial charge in [-0.15, -0.1) is 0 Å². The highest BCUT2D eigenvalue weighted by molar-refractivity contribution is 5.12. The second kappa shape index (κ2) is 6.05. The van der Waals surface area contributed by atoms with Crippen LogP contribution in [0.25, 0.3) is 0 Å². The smallest absolute Gasteiger partial charge is 0.234 e. The molecule has 0 radical (unpaired) electrons. The lowest BCUT2D eigenvalue weighted by atomic mass is 9.74. The third kappa shape index (κ3) is 2.61. The van der Waals surface area contributed by atoms with Gasteiger partial charge in [0.05, 0.1) is 5.41 Å². The van der Waals surface area contributed by atoms with E-state index in [1.54, 1.807) is 0 Å². The number of hydrogen-bond acceptors (Lipinski definition) is 5. The van der Waals surface area contributed by atoms with E-state index in [-0.39, 0.29) is 11.0 Å². The average Bonchev–Trinajstić information content (AvgIpc) is 3.18. The monoisotopic (exact) mass is 293 g/mol. The van der Waals surface area contributed by atoms with Crippen LogP contribution in [0.4, 0.5) is 0 Å². The zero-order valence-electron chi connectivity index (χ0n) is 13.1. The molecule has 0 amide bonds. The van der Waals surface area contributed by atoms with Gasteiger partial charge in [-0.25, -0.2) is 0 Å². The first kappa shape index (κ1) is 15.0.